The van der Waals surface area contributed by atoms with Crippen LogP contribution in [0.15, 0.2) is 82.7 Å². The third-order valence-electron chi connectivity index (χ3n) is 5.46. The molecule has 0 unspecified atom stereocenters. The van der Waals surface area contributed by atoms with Gasteiger partial charge in [-0.25, -0.2) is 0 Å². The highest BCUT2D eigenvalue weighted by molar-refractivity contribution is 8.19. The molecular formula is C27H24N2O3S. The lowest BCUT2D eigenvalue weighted by atomic mass is 10.1. The molecule has 0 atom stereocenters. The van der Waals surface area contributed by atoms with Crippen molar-refractivity contribution in [2.24, 2.45) is 4.99 Å². The van der Waals surface area contributed by atoms with Gasteiger partial charge in [-0.15, -0.1) is 0 Å². The molecule has 3 aromatic rings. The highest BCUT2D eigenvalue weighted by Crippen LogP contribution is 2.36. The summed E-state index contributed by atoms with van der Waals surface area (Å²) in [7, 11) is 0. The van der Waals surface area contributed by atoms with E-state index in [0.29, 0.717) is 36.4 Å². The van der Waals surface area contributed by atoms with Crippen molar-refractivity contribution in [2.45, 2.75) is 20.1 Å². The Hall–Kier alpha value is -3.35. The van der Waals surface area contributed by atoms with Gasteiger partial charge in [-0.05, 0) is 60.2 Å². The van der Waals surface area contributed by atoms with Gasteiger partial charge in [0.15, 0.2) is 5.17 Å². The standard InChI is InChI=1S/C27H24N2O3S/c1-19-7-9-20(10-8-19)17-28-27-29(23-5-3-2-4-6-23)26(30)25(33-27)16-21-11-12-24-22(15-21)18-31-13-14-32-24/h2-12,15-16H,13-14,17-18H2,1H3/b25-16-,28-27-. The number of nitrogens with zero attached hydrogens (tertiary/aromatic N) is 2. The average Bonchev–Trinajstić information content (AvgIpc) is 2.99. The Morgan fingerprint density at radius 2 is 1.85 bits per heavy atom. The molecule has 166 valence electrons. The van der Waals surface area contributed by atoms with Gasteiger partial charge < -0.3 is 9.47 Å². The summed E-state index contributed by atoms with van der Waals surface area (Å²) in [4.78, 5) is 20.6. The summed E-state index contributed by atoms with van der Waals surface area (Å²) in [5.74, 6) is 0.766. The molecule has 0 N–H and O–H groups in total. The van der Waals surface area contributed by atoms with E-state index in [9.17, 15) is 4.79 Å². The van der Waals surface area contributed by atoms with E-state index in [1.807, 2.05) is 54.6 Å². The van der Waals surface area contributed by atoms with Crippen LogP contribution in [0, 0.1) is 6.92 Å². The smallest absolute Gasteiger partial charge is 0.271 e. The van der Waals surface area contributed by atoms with Gasteiger partial charge in [0.2, 0.25) is 0 Å². The van der Waals surface area contributed by atoms with Gasteiger partial charge in [0.05, 0.1) is 30.4 Å². The quantitative estimate of drug-likeness (QED) is 0.481. The van der Waals surface area contributed by atoms with E-state index in [1.165, 1.54) is 17.3 Å². The highest BCUT2D eigenvalue weighted by atomic mass is 32.2. The van der Waals surface area contributed by atoms with Crippen molar-refractivity contribution in [1.29, 1.82) is 0 Å². The molecular weight excluding hydrogens is 432 g/mol. The molecule has 2 heterocycles. The molecule has 1 fully saturated rings. The first-order chi connectivity index (χ1) is 16.2. The summed E-state index contributed by atoms with van der Waals surface area (Å²) in [6.07, 6.45) is 1.92. The maximum absolute atomic E-state index is 13.4. The number of fused-ring (bicyclic) bond motifs is 1. The Morgan fingerprint density at radius 1 is 1.03 bits per heavy atom. The third-order valence-corrected chi connectivity index (χ3v) is 6.47. The van der Waals surface area contributed by atoms with Gasteiger partial charge in [0, 0.05) is 5.56 Å². The van der Waals surface area contributed by atoms with Gasteiger partial charge >= 0.3 is 0 Å². The van der Waals surface area contributed by atoms with E-state index in [2.05, 4.69) is 31.2 Å². The van der Waals surface area contributed by atoms with Crippen LogP contribution in [-0.2, 0) is 22.7 Å². The summed E-state index contributed by atoms with van der Waals surface area (Å²) in [5.41, 5.74) is 5.06. The summed E-state index contributed by atoms with van der Waals surface area (Å²) in [6, 6.07) is 23.9. The Kier molecular flexibility index (Phi) is 6.28. The van der Waals surface area contributed by atoms with Crippen LogP contribution in [0.2, 0.25) is 0 Å². The molecule has 5 nitrogen and oxygen atoms in total. The zero-order valence-electron chi connectivity index (χ0n) is 18.4. The minimum absolute atomic E-state index is 0.0729. The summed E-state index contributed by atoms with van der Waals surface area (Å²) in [5, 5.41) is 0.680. The number of amides is 1. The van der Waals surface area contributed by atoms with Crippen molar-refractivity contribution >= 4 is 34.6 Å². The zero-order valence-corrected chi connectivity index (χ0v) is 19.2. The SMILES string of the molecule is Cc1ccc(C/N=C2\S/C(=C\c3ccc4c(c3)COCCO4)C(=O)N2c2ccccc2)cc1. The Labute approximate surface area is 197 Å². The fourth-order valence-electron chi connectivity index (χ4n) is 3.72. The number of carbonyl (C=O) groups is 1. The second kappa shape index (κ2) is 9.65. The topological polar surface area (TPSA) is 51.1 Å². The number of aryl methyl sites for hydroxylation is 1. The molecule has 2 aliphatic heterocycles. The number of para-hydroxylation sites is 1. The van der Waals surface area contributed by atoms with Crippen LogP contribution in [-0.4, -0.2) is 24.3 Å². The fourth-order valence-corrected chi connectivity index (χ4v) is 4.70. The molecule has 2 aliphatic rings. The van der Waals surface area contributed by atoms with E-state index in [1.54, 1.807) is 4.90 Å². The van der Waals surface area contributed by atoms with Crippen LogP contribution >= 0.6 is 11.8 Å². The number of ether oxygens (including phenoxy) is 2. The van der Waals surface area contributed by atoms with Gasteiger partial charge in [0.25, 0.3) is 5.91 Å². The van der Waals surface area contributed by atoms with E-state index in [-0.39, 0.29) is 5.91 Å². The molecule has 33 heavy (non-hydrogen) atoms. The molecule has 0 radical (unpaired) electrons. The number of amidine groups is 1. The van der Waals surface area contributed by atoms with Crippen molar-refractivity contribution in [2.75, 3.05) is 18.1 Å². The molecule has 0 aliphatic carbocycles. The van der Waals surface area contributed by atoms with Crippen LogP contribution in [0.4, 0.5) is 5.69 Å². The van der Waals surface area contributed by atoms with Crippen molar-refractivity contribution in [1.82, 2.24) is 0 Å². The Morgan fingerprint density at radius 3 is 2.67 bits per heavy atom. The number of benzene rings is 3. The molecule has 3 aromatic carbocycles. The van der Waals surface area contributed by atoms with Crippen molar-refractivity contribution < 1.29 is 14.3 Å². The number of thioether (sulfide) groups is 1. The van der Waals surface area contributed by atoms with Gasteiger partial charge in [-0.1, -0.05) is 54.1 Å². The zero-order chi connectivity index (χ0) is 22.6. The van der Waals surface area contributed by atoms with Gasteiger partial charge in [-0.2, -0.15) is 0 Å². The molecule has 0 spiro atoms. The van der Waals surface area contributed by atoms with Gasteiger partial charge in [-0.3, -0.25) is 14.7 Å². The van der Waals surface area contributed by atoms with E-state index in [4.69, 9.17) is 14.5 Å². The number of rotatable bonds is 4. The maximum Gasteiger partial charge on any atom is 0.271 e. The van der Waals surface area contributed by atoms with Crippen molar-refractivity contribution in [3.8, 4) is 5.75 Å². The number of carbonyl (C=O) groups excluding carboxylic acids is 1. The minimum atomic E-state index is -0.0729. The van der Waals surface area contributed by atoms with Crippen molar-refractivity contribution in [3.05, 3.63) is 100.0 Å². The predicted molar refractivity (Wildman–Crippen MR) is 133 cm³/mol. The monoisotopic (exact) mass is 456 g/mol. The number of hydrogen-bond acceptors (Lipinski definition) is 5. The van der Waals surface area contributed by atoms with Crippen LogP contribution in [0.1, 0.15) is 22.3 Å². The van der Waals surface area contributed by atoms with E-state index < -0.39 is 0 Å². The molecule has 6 heteroatoms. The first kappa shape index (κ1) is 21.5. The molecule has 0 aromatic heterocycles. The molecule has 1 amide bonds. The van der Waals surface area contributed by atoms with Crippen LogP contribution in [0.3, 0.4) is 0 Å². The lowest BCUT2D eigenvalue weighted by Crippen LogP contribution is -2.28. The van der Waals surface area contributed by atoms with Crippen LogP contribution in [0.25, 0.3) is 6.08 Å². The maximum atomic E-state index is 13.4. The normalized spacial score (nSPS) is 18.3. The lowest BCUT2D eigenvalue weighted by molar-refractivity contribution is -0.113. The molecule has 0 saturated carbocycles. The third kappa shape index (κ3) is 4.87. The summed E-state index contributed by atoms with van der Waals surface area (Å²) < 4.78 is 11.3. The Balaban J connectivity index is 1.46. The summed E-state index contributed by atoms with van der Waals surface area (Å²) >= 11 is 1.41. The molecule has 0 bridgehead atoms. The van der Waals surface area contributed by atoms with Crippen molar-refractivity contribution in [3.63, 3.8) is 0 Å². The average molecular weight is 457 g/mol. The second-order valence-electron chi connectivity index (χ2n) is 7.94. The van der Waals surface area contributed by atoms with E-state index in [0.717, 1.165) is 28.1 Å². The van der Waals surface area contributed by atoms with Crippen LogP contribution in [0.5, 0.6) is 5.75 Å². The van der Waals surface area contributed by atoms with Gasteiger partial charge in [0.1, 0.15) is 12.4 Å². The highest BCUT2D eigenvalue weighted by Gasteiger charge is 2.34. The largest absolute Gasteiger partial charge is 0.491 e. The molecule has 5 rings (SSSR count). The number of hydrogen-bond donors (Lipinski definition) is 0. The number of aliphatic imine (C=N–C) groups is 1. The number of anilines is 1. The lowest BCUT2D eigenvalue weighted by Gasteiger charge is -2.15. The van der Waals surface area contributed by atoms with Crippen LogP contribution < -0.4 is 9.64 Å². The first-order valence-corrected chi connectivity index (χ1v) is 11.7. The van der Waals surface area contributed by atoms with E-state index >= 15 is 0 Å². The molecule has 1 saturated heterocycles. The summed E-state index contributed by atoms with van der Waals surface area (Å²) in [6.45, 7) is 4.21. The Bertz CT molecular complexity index is 1220. The first-order valence-electron chi connectivity index (χ1n) is 10.9. The minimum Gasteiger partial charge on any atom is -0.491 e. The fraction of sp³-hybridized carbons (Fsp3) is 0.185. The second-order valence-corrected chi connectivity index (χ2v) is 8.95. The predicted octanol–water partition coefficient (Wildman–Crippen LogP) is 5.58.